The first-order valence-corrected chi connectivity index (χ1v) is 15.3. The lowest BCUT2D eigenvalue weighted by atomic mass is 10.0. The second kappa shape index (κ2) is 32.4. The molecule has 0 atom stereocenters. The predicted molar refractivity (Wildman–Crippen MR) is 152 cm³/mol. The Labute approximate surface area is 233 Å². The van der Waals surface area contributed by atoms with Gasteiger partial charge >= 0.3 is 5.97 Å². The van der Waals surface area contributed by atoms with Crippen LogP contribution in [0.1, 0.15) is 104 Å². The average Bonchev–Trinajstić information content (AvgIpc) is 2.89. The molecule has 228 valence electrons. The normalized spacial score (nSPS) is 11.6. The van der Waals surface area contributed by atoms with E-state index in [1.54, 1.807) is 0 Å². The molecule has 0 unspecified atom stereocenters. The lowest BCUT2D eigenvalue weighted by molar-refractivity contribution is -0.142. The minimum atomic E-state index is -0.979. The molecule has 0 rings (SSSR count). The summed E-state index contributed by atoms with van der Waals surface area (Å²) >= 11 is 0. The maximum atomic E-state index is 10.3. The van der Waals surface area contributed by atoms with Gasteiger partial charge in [0.15, 0.2) is 0 Å². The summed E-state index contributed by atoms with van der Waals surface area (Å²) in [7, 11) is 0. The molecule has 0 aliphatic rings. The van der Waals surface area contributed by atoms with Crippen LogP contribution in [0, 0.1) is 5.92 Å². The summed E-state index contributed by atoms with van der Waals surface area (Å²) in [6.07, 6.45) is 19.3. The molecule has 8 nitrogen and oxygen atoms in total. The first kappa shape index (κ1) is 37.2. The first-order chi connectivity index (χ1) is 18.6. The molecule has 0 saturated carbocycles. The van der Waals surface area contributed by atoms with E-state index in [0.717, 1.165) is 18.9 Å². The van der Waals surface area contributed by atoms with Crippen molar-refractivity contribution in [2.75, 3.05) is 79.3 Å². The Morgan fingerprint density at radius 2 is 0.737 bits per heavy atom. The van der Waals surface area contributed by atoms with E-state index in [2.05, 4.69) is 13.8 Å². The summed E-state index contributed by atoms with van der Waals surface area (Å²) in [5.41, 5.74) is 0. The highest BCUT2D eigenvalue weighted by atomic mass is 16.6. The van der Waals surface area contributed by atoms with Gasteiger partial charge in [0.05, 0.1) is 66.1 Å². The van der Waals surface area contributed by atoms with Gasteiger partial charge in [-0.1, -0.05) is 97.3 Å². The molecule has 0 fully saturated rings. The lowest BCUT2D eigenvalue weighted by Crippen LogP contribution is -2.15. The van der Waals surface area contributed by atoms with Crippen molar-refractivity contribution in [2.24, 2.45) is 5.92 Å². The van der Waals surface area contributed by atoms with Gasteiger partial charge in [0.1, 0.15) is 6.61 Å². The highest BCUT2D eigenvalue weighted by molar-refractivity contribution is 5.67. The summed E-state index contributed by atoms with van der Waals surface area (Å²) < 4.78 is 32.1. The van der Waals surface area contributed by atoms with Gasteiger partial charge in [-0.2, -0.15) is 0 Å². The fraction of sp³-hybridized carbons (Fsp3) is 0.967. The van der Waals surface area contributed by atoms with Gasteiger partial charge in [-0.05, 0) is 12.3 Å². The highest BCUT2D eigenvalue weighted by Gasteiger charge is 1.98. The molecule has 0 aromatic rings. The standard InChI is InChI=1S/C30H60O8/c1-29(2)16-14-12-10-8-6-4-3-5-7-9-11-13-15-17-33-18-19-34-20-21-35-22-23-36-24-25-37-26-27-38-28-30(31)32/h29H,3-28H2,1-2H3,(H,31,32). The van der Waals surface area contributed by atoms with Gasteiger partial charge in [-0.15, -0.1) is 0 Å². The van der Waals surface area contributed by atoms with Crippen molar-refractivity contribution < 1.29 is 38.3 Å². The number of hydrogen-bond acceptors (Lipinski definition) is 7. The van der Waals surface area contributed by atoms with Gasteiger partial charge in [-0.3, -0.25) is 0 Å². The summed E-state index contributed by atoms with van der Waals surface area (Å²) in [4.78, 5) is 10.3. The third-order valence-corrected chi connectivity index (χ3v) is 6.16. The Hall–Kier alpha value is -0.770. The molecule has 0 heterocycles. The summed E-state index contributed by atoms with van der Waals surface area (Å²) in [6.45, 7) is 10.1. The molecule has 0 aromatic heterocycles. The second-order valence-corrected chi connectivity index (χ2v) is 10.3. The van der Waals surface area contributed by atoms with Gasteiger partial charge in [0, 0.05) is 6.61 Å². The van der Waals surface area contributed by atoms with Crippen molar-refractivity contribution >= 4 is 5.97 Å². The SMILES string of the molecule is CC(C)CCCCCCCCCCCCCCCOCCOCCOCCOCCOCCOCC(=O)O. The van der Waals surface area contributed by atoms with E-state index in [0.29, 0.717) is 59.5 Å². The molecule has 0 aromatic carbocycles. The number of carboxylic acids is 1. The van der Waals surface area contributed by atoms with Crippen molar-refractivity contribution in [2.45, 2.75) is 104 Å². The fourth-order valence-electron chi connectivity index (χ4n) is 3.96. The number of carbonyl (C=O) groups is 1. The van der Waals surface area contributed by atoms with Crippen molar-refractivity contribution in [3.63, 3.8) is 0 Å². The first-order valence-electron chi connectivity index (χ1n) is 15.3. The Bertz CT molecular complexity index is 462. The molecule has 0 bridgehead atoms. The van der Waals surface area contributed by atoms with E-state index < -0.39 is 5.97 Å². The van der Waals surface area contributed by atoms with Crippen LogP contribution in [-0.2, 0) is 33.2 Å². The van der Waals surface area contributed by atoms with E-state index in [9.17, 15) is 4.79 Å². The minimum absolute atomic E-state index is 0.264. The largest absolute Gasteiger partial charge is 0.480 e. The van der Waals surface area contributed by atoms with Crippen LogP contribution in [0.25, 0.3) is 0 Å². The molecule has 0 aliphatic carbocycles. The molecular weight excluding hydrogens is 488 g/mol. The summed E-state index contributed by atoms with van der Waals surface area (Å²) in [5.74, 6) is -0.113. The molecular formula is C30H60O8. The van der Waals surface area contributed by atoms with Gasteiger partial charge in [-0.25, -0.2) is 4.79 Å². The fourth-order valence-corrected chi connectivity index (χ4v) is 3.96. The Morgan fingerprint density at radius 3 is 1.08 bits per heavy atom. The maximum Gasteiger partial charge on any atom is 0.329 e. The quantitative estimate of drug-likeness (QED) is 0.0957. The topological polar surface area (TPSA) is 92.7 Å². The summed E-state index contributed by atoms with van der Waals surface area (Å²) in [5, 5.41) is 8.42. The molecule has 0 spiro atoms. The Balaban J connectivity index is 3.03. The zero-order valence-corrected chi connectivity index (χ0v) is 24.8. The molecule has 0 radical (unpaired) electrons. The number of hydrogen-bond donors (Lipinski definition) is 1. The summed E-state index contributed by atoms with van der Waals surface area (Å²) in [6, 6.07) is 0. The molecule has 0 saturated heterocycles. The van der Waals surface area contributed by atoms with Crippen LogP contribution in [0.5, 0.6) is 0 Å². The number of aliphatic carboxylic acids is 1. The number of rotatable bonds is 33. The van der Waals surface area contributed by atoms with E-state index in [-0.39, 0.29) is 13.2 Å². The number of ether oxygens (including phenoxy) is 6. The van der Waals surface area contributed by atoms with Gasteiger partial charge in [0.2, 0.25) is 0 Å². The molecule has 38 heavy (non-hydrogen) atoms. The van der Waals surface area contributed by atoms with E-state index in [4.69, 9.17) is 33.5 Å². The van der Waals surface area contributed by atoms with Crippen LogP contribution in [0.3, 0.4) is 0 Å². The van der Waals surface area contributed by atoms with Crippen LogP contribution >= 0.6 is 0 Å². The van der Waals surface area contributed by atoms with Crippen LogP contribution in [0.15, 0.2) is 0 Å². The van der Waals surface area contributed by atoms with Gasteiger partial charge in [0.25, 0.3) is 0 Å². The Morgan fingerprint density at radius 1 is 0.447 bits per heavy atom. The van der Waals surface area contributed by atoms with E-state index >= 15 is 0 Å². The van der Waals surface area contributed by atoms with Crippen molar-refractivity contribution in [3.8, 4) is 0 Å². The third kappa shape index (κ3) is 35.2. The number of carboxylic acid groups (broad SMARTS) is 1. The predicted octanol–water partition coefficient (Wildman–Crippen LogP) is 6.29. The van der Waals surface area contributed by atoms with Crippen LogP contribution in [0.4, 0.5) is 0 Å². The lowest BCUT2D eigenvalue weighted by Gasteiger charge is -2.08. The molecule has 8 heteroatoms. The van der Waals surface area contributed by atoms with Crippen LogP contribution in [-0.4, -0.2) is 90.4 Å². The molecule has 0 amide bonds. The zero-order valence-electron chi connectivity index (χ0n) is 24.8. The van der Waals surface area contributed by atoms with Crippen molar-refractivity contribution in [1.29, 1.82) is 0 Å². The minimum Gasteiger partial charge on any atom is -0.480 e. The molecule has 0 aliphatic heterocycles. The highest BCUT2D eigenvalue weighted by Crippen LogP contribution is 2.14. The maximum absolute atomic E-state index is 10.3. The number of unbranched alkanes of at least 4 members (excludes halogenated alkanes) is 12. The second-order valence-electron chi connectivity index (χ2n) is 10.3. The van der Waals surface area contributed by atoms with Crippen LogP contribution in [0.2, 0.25) is 0 Å². The van der Waals surface area contributed by atoms with E-state index in [1.807, 2.05) is 0 Å². The van der Waals surface area contributed by atoms with Crippen molar-refractivity contribution in [3.05, 3.63) is 0 Å². The van der Waals surface area contributed by atoms with Crippen molar-refractivity contribution in [1.82, 2.24) is 0 Å². The molecule has 1 N–H and O–H groups in total. The smallest absolute Gasteiger partial charge is 0.329 e. The van der Waals surface area contributed by atoms with Gasteiger partial charge < -0.3 is 33.5 Å². The van der Waals surface area contributed by atoms with Crippen LogP contribution < -0.4 is 0 Å². The average molecular weight is 549 g/mol. The third-order valence-electron chi connectivity index (χ3n) is 6.16. The zero-order chi connectivity index (χ0) is 27.8. The monoisotopic (exact) mass is 548 g/mol. The van der Waals surface area contributed by atoms with E-state index in [1.165, 1.54) is 83.5 Å². The Kier molecular flexibility index (Phi) is 31.8.